The average Bonchev–Trinajstić information content (AvgIpc) is 1.80. The van der Waals surface area contributed by atoms with Gasteiger partial charge in [0.05, 0.1) is 17.3 Å². The lowest BCUT2D eigenvalue weighted by Gasteiger charge is -2.56. The lowest BCUT2D eigenvalue weighted by Crippen LogP contribution is -2.59. The maximum Gasteiger partial charge on any atom is 0.0686 e. The van der Waals surface area contributed by atoms with Gasteiger partial charge in [0.1, 0.15) is 0 Å². The van der Waals surface area contributed by atoms with Crippen LogP contribution < -0.4 is 0 Å². The van der Waals surface area contributed by atoms with Gasteiger partial charge in [-0.05, 0) is 33.6 Å². The highest BCUT2D eigenvalue weighted by Crippen LogP contribution is 2.49. The Hall–Kier alpha value is -0.0800. The van der Waals surface area contributed by atoms with Crippen molar-refractivity contribution in [2.24, 2.45) is 5.92 Å². The van der Waals surface area contributed by atoms with Crippen molar-refractivity contribution < 1.29 is 9.84 Å². The van der Waals surface area contributed by atoms with E-state index in [4.69, 9.17) is 4.74 Å². The number of aliphatic hydroxyl groups is 1. The van der Waals surface area contributed by atoms with Crippen LogP contribution in [0.5, 0.6) is 0 Å². The highest BCUT2D eigenvalue weighted by Gasteiger charge is 2.52. The van der Waals surface area contributed by atoms with Crippen LogP contribution in [0.2, 0.25) is 0 Å². The molecule has 2 heteroatoms. The van der Waals surface area contributed by atoms with E-state index < -0.39 is 0 Å². The molecule has 3 aliphatic rings. The molecule has 0 aromatic heterocycles. The molecule has 1 aliphatic carbocycles. The highest BCUT2D eigenvalue weighted by molar-refractivity contribution is 5.02. The Kier molecular flexibility index (Phi) is 1.59. The second-order valence-corrected chi connectivity index (χ2v) is 5.07. The van der Waals surface area contributed by atoms with Gasteiger partial charge in [-0.2, -0.15) is 0 Å². The molecule has 2 heterocycles. The van der Waals surface area contributed by atoms with E-state index in [1.807, 2.05) is 0 Å². The molecule has 0 unspecified atom stereocenters. The topological polar surface area (TPSA) is 29.5 Å². The molecular formula is C10H18O2. The first-order chi connectivity index (χ1) is 5.43. The van der Waals surface area contributed by atoms with Crippen LogP contribution in [-0.4, -0.2) is 22.4 Å². The van der Waals surface area contributed by atoms with E-state index in [0.29, 0.717) is 5.92 Å². The second-order valence-electron chi connectivity index (χ2n) is 5.07. The van der Waals surface area contributed by atoms with Crippen molar-refractivity contribution >= 4 is 0 Å². The molecule has 12 heavy (non-hydrogen) atoms. The van der Waals surface area contributed by atoms with Crippen molar-refractivity contribution in [2.45, 2.75) is 57.3 Å². The van der Waals surface area contributed by atoms with Crippen molar-refractivity contribution in [1.29, 1.82) is 0 Å². The largest absolute Gasteiger partial charge is 0.393 e. The van der Waals surface area contributed by atoms with Crippen LogP contribution >= 0.6 is 0 Å². The fourth-order valence-electron chi connectivity index (χ4n) is 2.95. The van der Waals surface area contributed by atoms with E-state index in [9.17, 15) is 5.11 Å². The predicted octanol–water partition coefficient (Wildman–Crippen LogP) is 1.71. The van der Waals surface area contributed by atoms with Crippen LogP contribution in [0.3, 0.4) is 0 Å². The second kappa shape index (κ2) is 2.24. The molecule has 3 atom stereocenters. The van der Waals surface area contributed by atoms with Gasteiger partial charge < -0.3 is 9.84 Å². The number of fused-ring (bicyclic) bond motifs is 3. The maximum absolute atomic E-state index is 9.82. The molecule has 2 bridgehead atoms. The molecule has 3 rings (SSSR count). The summed E-state index contributed by atoms with van der Waals surface area (Å²) in [6, 6.07) is 0. The van der Waals surface area contributed by atoms with Gasteiger partial charge in [-0.25, -0.2) is 0 Å². The van der Waals surface area contributed by atoms with Gasteiger partial charge in [-0.1, -0.05) is 0 Å². The molecule has 2 saturated heterocycles. The van der Waals surface area contributed by atoms with Crippen molar-refractivity contribution in [2.75, 3.05) is 0 Å². The molecule has 3 fully saturated rings. The van der Waals surface area contributed by atoms with Gasteiger partial charge in [0.25, 0.3) is 0 Å². The van der Waals surface area contributed by atoms with Gasteiger partial charge in [-0.15, -0.1) is 0 Å². The van der Waals surface area contributed by atoms with E-state index >= 15 is 0 Å². The average molecular weight is 170 g/mol. The third-order valence-electron chi connectivity index (χ3n) is 3.49. The highest BCUT2D eigenvalue weighted by atomic mass is 16.5. The van der Waals surface area contributed by atoms with Crippen molar-refractivity contribution in [3.05, 3.63) is 0 Å². The monoisotopic (exact) mass is 170 g/mol. The Bertz CT molecular complexity index is 197. The Morgan fingerprint density at radius 1 is 1.33 bits per heavy atom. The van der Waals surface area contributed by atoms with E-state index in [-0.39, 0.29) is 17.3 Å². The molecule has 0 aromatic carbocycles. The van der Waals surface area contributed by atoms with Crippen LogP contribution in [0.1, 0.15) is 40.0 Å². The summed E-state index contributed by atoms with van der Waals surface area (Å²) in [5, 5.41) is 9.82. The summed E-state index contributed by atoms with van der Waals surface area (Å²) in [5.41, 5.74) is -0.178. The minimum atomic E-state index is -0.146. The summed E-state index contributed by atoms with van der Waals surface area (Å²) in [4.78, 5) is 0. The summed E-state index contributed by atoms with van der Waals surface area (Å²) < 4.78 is 5.97. The first-order valence-corrected chi connectivity index (χ1v) is 4.81. The third kappa shape index (κ3) is 1.09. The van der Waals surface area contributed by atoms with Crippen molar-refractivity contribution in [3.63, 3.8) is 0 Å². The molecule has 2 nitrogen and oxygen atoms in total. The van der Waals surface area contributed by atoms with Crippen LogP contribution in [0, 0.1) is 5.92 Å². The lowest BCUT2D eigenvalue weighted by atomic mass is 9.67. The van der Waals surface area contributed by atoms with Gasteiger partial charge in [0.2, 0.25) is 0 Å². The Morgan fingerprint density at radius 3 is 2.42 bits per heavy atom. The Labute approximate surface area is 73.9 Å². The zero-order chi connectivity index (χ0) is 8.98. The Morgan fingerprint density at radius 2 is 2.00 bits per heavy atom. The minimum absolute atomic E-state index is 0.0579. The third-order valence-corrected chi connectivity index (χ3v) is 3.49. The normalized spacial score (nSPS) is 51.0. The van der Waals surface area contributed by atoms with Crippen LogP contribution in [0.25, 0.3) is 0 Å². The van der Waals surface area contributed by atoms with Crippen LogP contribution in [0.4, 0.5) is 0 Å². The number of aliphatic hydroxyl groups excluding tert-OH is 1. The summed E-state index contributed by atoms with van der Waals surface area (Å²) in [6.45, 7) is 6.31. The molecule has 2 aliphatic heterocycles. The zero-order valence-electron chi connectivity index (χ0n) is 8.13. The fraction of sp³-hybridized carbons (Fsp3) is 1.00. The fourth-order valence-corrected chi connectivity index (χ4v) is 2.95. The summed E-state index contributed by atoms with van der Waals surface area (Å²) in [6.07, 6.45) is 2.90. The molecule has 1 N–H and O–H groups in total. The van der Waals surface area contributed by atoms with E-state index in [1.165, 1.54) is 0 Å². The predicted molar refractivity (Wildman–Crippen MR) is 46.9 cm³/mol. The molecule has 0 amide bonds. The number of hydrogen-bond acceptors (Lipinski definition) is 2. The first-order valence-electron chi connectivity index (χ1n) is 4.81. The van der Waals surface area contributed by atoms with E-state index in [1.54, 1.807) is 0 Å². The van der Waals surface area contributed by atoms with Gasteiger partial charge in [0, 0.05) is 12.3 Å². The summed E-state index contributed by atoms with van der Waals surface area (Å²) >= 11 is 0. The van der Waals surface area contributed by atoms with Gasteiger partial charge in [-0.3, -0.25) is 0 Å². The van der Waals surface area contributed by atoms with Gasteiger partial charge >= 0.3 is 0 Å². The standard InChI is InChI=1S/C10H18O2/c1-9(2)7-4-5-10(3,12-9)6-8(7)11/h7-8,11H,4-6H2,1-3H3/t7-,8+,10+/m0/s1. The summed E-state index contributed by atoms with van der Waals surface area (Å²) in [7, 11) is 0. The number of hydrogen-bond donors (Lipinski definition) is 1. The number of rotatable bonds is 0. The zero-order valence-corrected chi connectivity index (χ0v) is 8.13. The lowest BCUT2D eigenvalue weighted by molar-refractivity contribution is -0.263. The molecule has 0 aromatic rings. The van der Waals surface area contributed by atoms with E-state index in [0.717, 1.165) is 19.3 Å². The summed E-state index contributed by atoms with van der Waals surface area (Å²) in [5.74, 6) is 0.347. The maximum atomic E-state index is 9.82. The molecule has 1 saturated carbocycles. The molecule has 0 spiro atoms. The number of ether oxygens (including phenoxy) is 1. The van der Waals surface area contributed by atoms with Crippen LogP contribution in [0.15, 0.2) is 0 Å². The smallest absolute Gasteiger partial charge is 0.0686 e. The van der Waals surface area contributed by atoms with Crippen molar-refractivity contribution in [3.8, 4) is 0 Å². The molecule has 70 valence electrons. The quantitative estimate of drug-likeness (QED) is 0.599. The SMILES string of the molecule is CC1(C)O[C@]2(C)CC[C@H]1[C@H](O)C2. The van der Waals surface area contributed by atoms with Crippen molar-refractivity contribution in [1.82, 2.24) is 0 Å². The first kappa shape index (κ1) is 8.52. The van der Waals surface area contributed by atoms with Crippen LogP contribution in [-0.2, 0) is 4.74 Å². The Balaban J connectivity index is 2.28. The minimum Gasteiger partial charge on any atom is -0.393 e. The van der Waals surface area contributed by atoms with Gasteiger partial charge in [0.15, 0.2) is 0 Å². The molecule has 0 radical (unpaired) electrons. The van der Waals surface area contributed by atoms with E-state index in [2.05, 4.69) is 20.8 Å². The molecular weight excluding hydrogens is 152 g/mol.